The van der Waals surface area contributed by atoms with Crippen LogP contribution >= 0.6 is 34.9 Å². The van der Waals surface area contributed by atoms with Crippen molar-refractivity contribution in [1.82, 2.24) is 9.55 Å². The topological polar surface area (TPSA) is 53.4 Å². The van der Waals surface area contributed by atoms with Crippen molar-refractivity contribution >= 4 is 45.1 Å². The van der Waals surface area contributed by atoms with Crippen molar-refractivity contribution in [3.8, 4) is 17.2 Å². The Hall–Kier alpha value is -2.42. The van der Waals surface area contributed by atoms with Gasteiger partial charge in [0.2, 0.25) is 6.79 Å². The zero-order valence-corrected chi connectivity index (χ0v) is 20.7. The molecule has 0 bridgehead atoms. The summed E-state index contributed by atoms with van der Waals surface area (Å²) in [6.45, 7) is 4.77. The Balaban J connectivity index is 1.46. The molecule has 4 aromatic rings. The third kappa shape index (κ3) is 3.84. The van der Waals surface area contributed by atoms with Gasteiger partial charge in [-0.05, 0) is 41.8 Å². The lowest BCUT2D eigenvalue weighted by Crippen LogP contribution is -2.26. The first-order valence-electron chi connectivity index (χ1n) is 10.8. The summed E-state index contributed by atoms with van der Waals surface area (Å²) in [4.78, 5) is 21.1. The molecule has 2 aromatic heterocycles. The lowest BCUT2D eigenvalue weighted by Gasteiger charge is -2.28. The number of thiophene rings is 1. The van der Waals surface area contributed by atoms with Crippen LogP contribution in [0.3, 0.4) is 0 Å². The summed E-state index contributed by atoms with van der Waals surface area (Å²) >= 11 is 5.20. The predicted molar refractivity (Wildman–Crippen MR) is 136 cm³/mol. The number of rotatable bonds is 4. The Labute approximate surface area is 204 Å². The highest BCUT2D eigenvalue weighted by molar-refractivity contribution is 8.00. The Bertz CT molecular complexity index is 1430. The molecule has 0 amide bonds. The van der Waals surface area contributed by atoms with Crippen LogP contribution in [-0.2, 0) is 17.9 Å². The standard InChI is InChI=1S/C25H22N2O3S3/c1-25(2)11-17-20(13-32-25)33-22-21(17)23(28)27(16-6-4-3-5-7-16)24(26-22)31-12-15-8-9-18-19(10-15)30-14-29-18/h3-10H,11-14H2,1-2H3. The molecule has 8 heteroatoms. The summed E-state index contributed by atoms with van der Waals surface area (Å²) in [5.41, 5.74) is 3.16. The van der Waals surface area contributed by atoms with Crippen LogP contribution in [0.4, 0.5) is 0 Å². The van der Waals surface area contributed by atoms with E-state index in [-0.39, 0.29) is 17.1 Å². The highest BCUT2D eigenvalue weighted by atomic mass is 32.2. The quantitative estimate of drug-likeness (QED) is 0.255. The van der Waals surface area contributed by atoms with Gasteiger partial charge < -0.3 is 9.47 Å². The van der Waals surface area contributed by atoms with Gasteiger partial charge in [0.25, 0.3) is 5.56 Å². The number of aromatic nitrogens is 2. The fourth-order valence-electron chi connectivity index (χ4n) is 4.25. The highest BCUT2D eigenvalue weighted by Gasteiger charge is 2.31. The smallest absolute Gasteiger partial charge is 0.267 e. The number of para-hydroxylation sites is 1. The van der Waals surface area contributed by atoms with Gasteiger partial charge in [0.05, 0.1) is 11.1 Å². The van der Waals surface area contributed by atoms with Crippen LogP contribution < -0.4 is 15.0 Å². The lowest BCUT2D eigenvalue weighted by molar-refractivity contribution is 0.174. The van der Waals surface area contributed by atoms with E-state index in [1.165, 1.54) is 10.4 Å². The van der Waals surface area contributed by atoms with E-state index in [0.717, 1.165) is 45.1 Å². The molecule has 0 aliphatic carbocycles. The predicted octanol–water partition coefficient (Wildman–Crippen LogP) is 6.04. The SMILES string of the molecule is CC1(C)Cc2c(sc3nc(SCc4ccc5c(c4)OCO5)n(-c4ccccc4)c(=O)c23)CS1. The Morgan fingerprint density at radius 1 is 1.12 bits per heavy atom. The highest BCUT2D eigenvalue weighted by Crippen LogP contribution is 2.44. The molecule has 6 rings (SSSR count). The maximum atomic E-state index is 13.9. The van der Waals surface area contributed by atoms with Crippen molar-refractivity contribution in [2.24, 2.45) is 0 Å². The molecule has 0 saturated carbocycles. The second-order valence-electron chi connectivity index (χ2n) is 8.76. The fraction of sp³-hybridized carbons (Fsp3) is 0.280. The van der Waals surface area contributed by atoms with Crippen molar-refractivity contribution in [1.29, 1.82) is 0 Å². The Kier molecular flexibility index (Phi) is 5.19. The van der Waals surface area contributed by atoms with Gasteiger partial charge in [-0.1, -0.05) is 49.9 Å². The van der Waals surface area contributed by atoms with E-state index in [4.69, 9.17) is 14.5 Å². The third-order valence-corrected chi connectivity index (χ3v) is 9.57. The Morgan fingerprint density at radius 3 is 2.79 bits per heavy atom. The molecule has 33 heavy (non-hydrogen) atoms. The summed E-state index contributed by atoms with van der Waals surface area (Å²) in [5, 5.41) is 1.50. The second-order valence-corrected chi connectivity index (χ2v) is 12.5. The number of ether oxygens (including phenoxy) is 2. The van der Waals surface area contributed by atoms with E-state index < -0.39 is 0 Å². The van der Waals surface area contributed by atoms with Crippen molar-refractivity contribution in [2.45, 2.75) is 41.7 Å². The largest absolute Gasteiger partial charge is 0.454 e. The normalized spacial score (nSPS) is 16.2. The summed E-state index contributed by atoms with van der Waals surface area (Å²) < 4.78 is 12.8. The van der Waals surface area contributed by atoms with Crippen LogP contribution in [0.2, 0.25) is 0 Å². The van der Waals surface area contributed by atoms with Gasteiger partial charge in [0.15, 0.2) is 16.7 Å². The molecular formula is C25H22N2O3S3. The molecule has 4 heterocycles. The van der Waals surface area contributed by atoms with E-state index >= 15 is 0 Å². The third-order valence-electron chi connectivity index (χ3n) is 5.89. The number of benzene rings is 2. The van der Waals surface area contributed by atoms with Gasteiger partial charge in [-0.25, -0.2) is 4.98 Å². The fourth-order valence-corrected chi connectivity index (χ4v) is 7.59. The number of nitrogens with zero attached hydrogens (tertiary/aromatic N) is 2. The van der Waals surface area contributed by atoms with Crippen LogP contribution in [0.15, 0.2) is 58.5 Å². The van der Waals surface area contributed by atoms with Gasteiger partial charge in [0, 0.05) is 21.1 Å². The first kappa shape index (κ1) is 21.1. The van der Waals surface area contributed by atoms with Crippen LogP contribution in [-0.4, -0.2) is 21.1 Å². The summed E-state index contributed by atoms with van der Waals surface area (Å²) in [6, 6.07) is 15.8. The van der Waals surface area contributed by atoms with Crippen LogP contribution in [0.1, 0.15) is 29.9 Å². The van der Waals surface area contributed by atoms with E-state index in [9.17, 15) is 4.79 Å². The molecular weight excluding hydrogens is 472 g/mol. The molecule has 2 aromatic carbocycles. The van der Waals surface area contributed by atoms with Crippen LogP contribution in [0, 0.1) is 0 Å². The lowest BCUT2D eigenvalue weighted by atomic mass is 10.00. The van der Waals surface area contributed by atoms with Gasteiger partial charge in [-0.2, -0.15) is 0 Å². The molecule has 2 aliphatic heterocycles. The van der Waals surface area contributed by atoms with Gasteiger partial charge in [-0.3, -0.25) is 9.36 Å². The van der Waals surface area contributed by atoms with E-state index in [1.54, 1.807) is 27.7 Å². The zero-order chi connectivity index (χ0) is 22.6. The summed E-state index contributed by atoms with van der Waals surface area (Å²) in [7, 11) is 0. The Morgan fingerprint density at radius 2 is 1.94 bits per heavy atom. The molecule has 0 spiro atoms. The van der Waals surface area contributed by atoms with Crippen LogP contribution in [0.25, 0.3) is 15.9 Å². The van der Waals surface area contributed by atoms with Crippen LogP contribution in [0.5, 0.6) is 11.5 Å². The molecule has 5 nitrogen and oxygen atoms in total. The van der Waals surface area contributed by atoms with Gasteiger partial charge >= 0.3 is 0 Å². The molecule has 0 radical (unpaired) electrons. The average Bonchev–Trinajstić information content (AvgIpc) is 3.41. The maximum Gasteiger partial charge on any atom is 0.267 e. The maximum absolute atomic E-state index is 13.9. The summed E-state index contributed by atoms with van der Waals surface area (Å²) in [6.07, 6.45) is 0.891. The van der Waals surface area contributed by atoms with Crippen molar-refractivity contribution in [3.63, 3.8) is 0 Å². The van der Waals surface area contributed by atoms with Crippen molar-refractivity contribution in [3.05, 3.63) is 74.9 Å². The first-order chi connectivity index (χ1) is 16.0. The molecule has 0 saturated heterocycles. The molecule has 168 valence electrons. The second kappa shape index (κ2) is 8.11. The average molecular weight is 495 g/mol. The number of fused-ring (bicyclic) bond motifs is 4. The van der Waals surface area contributed by atoms with Gasteiger partial charge in [0.1, 0.15) is 4.83 Å². The number of hydrogen-bond donors (Lipinski definition) is 0. The minimum Gasteiger partial charge on any atom is -0.454 e. The molecule has 0 unspecified atom stereocenters. The molecule has 0 atom stereocenters. The molecule has 0 N–H and O–H groups in total. The first-order valence-corrected chi connectivity index (χ1v) is 13.6. The minimum atomic E-state index is 0.0274. The summed E-state index contributed by atoms with van der Waals surface area (Å²) in [5.74, 6) is 3.15. The minimum absolute atomic E-state index is 0.0274. The number of hydrogen-bond acceptors (Lipinski definition) is 7. The number of thioether (sulfide) groups is 2. The molecule has 2 aliphatic rings. The van der Waals surface area contributed by atoms with E-state index in [1.807, 2.05) is 60.3 Å². The molecule has 0 fully saturated rings. The van der Waals surface area contributed by atoms with E-state index in [2.05, 4.69) is 13.8 Å². The zero-order valence-electron chi connectivity index (χ0n) is 18.3. The van der Waals surface area contributed by atoms with E-state index in [0.29, 0.717) is 10.9 Å². The van der Waals surface area contributed by atoms with Crippen molar-refractivity contribution < 1.29 is 9.47 Å². The van der Waals surface area contributed by atoms with Gasteiger partial charge in [-0.15, -0.1) is 23.1 Å². The monoisotopic (exact) mass is 494 g/mol. The van der Waals surface area contributed by atoms with Crippen molar-refractivity contribution in [2.75, 3.05) is 6.79 Å².